The maximum absolute atomic E-state index is 12.3. The molecule has 1 atom stereocenters. The van der Waals surface area contributed by atoms with Crippen molar-refractivity contribution >= 4 is 17.6 Å². The molecular weight excluding hydrogens is 330 g/mol. The molecule has 0 radical (unpaired) electrons. The molecule has 26 heavy (non-hydrogen) atoms. The minimum Gasteiger partial charge on any atom is -0.368 e. The molecular formula is C19H29N5O2. The van der Waals surface area contributed by atoms with Crippen LogP contribution in [0.4, 0.5) is 5.82 Å². The summed E-state index contributed by atoms with van der Waals surface area (Å²) in [5.41, 5.74) is 1.14. The Balaban J connectivity index is 1.44. The highest BCUT2D eigenvalue weighted by molar-refractivity contribution is 5.88. The van der Waals surface area contributed by atoms with Crippen molar-refractivity contribution < 1.29 is 9.59 Å². The summed E-state index contributed by atoms with van der Waals surface area (Å²) in [6, 6.07) is 4.03. The highest BCUT2D eigenvalue weighted by atomic mass is 16.2. The van der Waals surface area contributed by atoms with Crippen molar-refractivity contribution in [2.45, 2.75) is 51.1 Å². The molecule has 2 aliphatic rings. The molecule has 0 bridgehead atoms. The summed E-state index contributed by atoms with van der Waals surface area (Å²) < 4.78 is 0. The van der Waals surface area contributed by atoms with Crippen LogP contribution in [0.2, 0.25) is 0 Å². The number of pyridine rings is 1. The van der Waals surface area contributed by atoms with Gasteiger partial charge in [0.05, 0.1) is 12.5 Å². The van der Waals surface area contributed by atoms with E-state index in [1.54, 1.807) is 6.20 Å². The molecule has 142 valence electrons. The fourth-order valence-corrected chi connectivity index (χ4v) is 3.89. The summed E-state index contributed by atoms with van der Waals surface area (Å²) in [7, 11) is 0. The second-order valence-electron chi connectivity index (χ2n) is 7.18. The van der Waals surface area contributed by atoms with E-state index in [0.717, 1.165) is 30.8 Å². The van der Waals surface area contributed by atoms with E-state index in [-0.39, 0.29) is 24.3 Å². The van der Waals surface area contributed by atoms with E-state index in [1.807, 2.05) is 19.1 Å². The Morgan fingerprint density at radius 2 is 2.15 bits per heavy atom. The zero-order valence-corrected chi connectivity index (χ0v) is 15.5. The van der Waals surface area contributed by atoms with Crippen molar-refractivity contribution in [2.75, 3.05) is 31.5 Å². The average Bonchev–Trinajstić information content (AvgIpc) is 3.15. The third-order valence-corrected chi connectivity index (χ3v) is 5.21. The number of amides is 2. The lowest BCUT2D eigenvalue weighted by Crippen LogP contribution is -2.59. The second-order valence-corrected chi connectivity index (χ2v) is 7.18. The van der Waals surface area contributed by atoms with Crippen molar-refractivity contribution in [3.63, 3.8) is 0 Å². The minimum absolute atomic E-state index is 0.0135. The predicted octanol–water partition coefficient (Wildman–Crippen LogP) is 1.05. The molecule has 3 N–H and O–H groups in total. The number of carbonyl (C=O) groups excluding carboxylic acids is 2. The van der Waals surface area contributed by atoms with Gasteiger partial charge in [0, 0.05) is 38.4 Å². The van der Waals surface area contributed by atoms with Crippen molar-refractivity contribution in [3.8, 4) is 0 Å². The first kappa shape index (κ1) is 18.6. The van der Waals surface area contributed by atoms with Crippen LogP contribution in [0.25, 0.3) is 0 Å². The molecule has 0 spiro atoms. The summed E-state index contributed by atoms with van der Waals surface area (Å²) in [5, 5.41) is 9.01. The Labute approximate surface area is 154 Å². The van der Waals surface area contributed by atoms with E-state index < -0.39 is 0 Å². The van der Waals surface area contributed by atoms with Crippen LogP contribution >= 0.6 is 0 Å². The Hall–Kier alpha value is -2.15. The molecule has 1 aliphatic heterocycles. The first-order chi connectivity index (χ1) is 12.6. The van der Waals surface area contributed by atoms with Gasteiger partial charge in [-0.1, -0.05) is 12.8 Å². The van der Waals surface area contributed by atoms with Gasteiger partial charge in [0.25, 0.3) is 0 Å². The first-order valence-electron chi connectivity index (χ1n) is 9.60. The van der Waals surface area contributed by atoms with Gasteiger partial charge in [-0.05, 0) is 37.5 Å². The average molecular weight is 359 g/mol. The number of nitrogens with one attached hydrogen (secondary N) is 3. The Morgan fingerprint density at radius 1 is 1.35 bits per heavy atom. The van der Waals surface area contributed by atoms with Crippen LogP contribution in [-0.4, -0.2) is 60.0 Å². The SMILES string of the molecule is Cc1ccnc(NCCNC(=O)C[C@H]2C(=O)NCCN2C2CCCC2)c1. The maximum atomic E-state index is 12.3. The van der Waals surface area contributed by atoms with Crippen LogP contribution in [0.3, 0.4) is 0 Å². The molecule has 1 aromatic rings. The van der Waals surface area contributed by atoms with Gasteiger partial charge in [0.15, 0.2) is 0 Å². The second kappa shape index (κ2) is 8.98. The number of anilines is 1. The lowest BCUT2D eigenvalue weighted by atomic mass is 10.0. The zero-order valence-electron chi connectivity index (χ0n) is 15.5. The molecule has 1 saturated heterocycles. The van der Waals surface area contributed by atoms with Gasteiger partial charge in [0.2, 0.25) is 11.8 Å². The number of nitrogens with zero attached hydrogens (tertiary/aromatic N) is 2. The van der Waals surface area contributed by atoms with Gasteiger partial charge in [-0.2, -0.15) is 0 Å². The Kier molecular flexibility index (Phi) is 6.44. The predicted molar refractivity (Wildman–Crippen MR) is 101 cm³/mol. The normalized spacial score (nSPS) is 21.4. The number of aryl methyl sites for hydroxylation is 1. The van der Waals surface area contributed by atoms with E-state index in [2.05, 4.69) is 25.8 Å². The number of hydrogen-bond acceptors (Lipinski definition) is 5. The molecule has 0 unspecified atom stereocenters. The lowest BCUT2D eigenvalue weighted by Gasteiger charge is -2.38. The van der Waals surface area contributed by atoms with E-state index in [1.165, 1.54) is 12.8 Å². The van der Waals surface area contributed by atoms with Gasteiger partial charge in [0.1, 0.15) is 5.82 Å². The molecule has 2 fully saturated rings. The summed E-state index contributed by atoms with van der Waals surface area (Å²) in [6.45, 7) is 4.65. The standard InChI is InChI=1S/C19H29N5O2/c1-14-6-7-20-17(12-14)21-8-9-22-18(25)13-16-19(26)23-10-11-24(16)15-4-2-3-5-15/h6-7,12,15-16H,2-5,8-11,13H2,1H3,(H,20,21)(H,22,25)(H,23,26)/t16-/m0/s1. The number of carbonyl (C=O) groups is 2. The van der Waals surface area contributed by atoms with Gasteiger partial charge in [-0.15, -0.1) is 0 Å². The molecule has 7 nitrogen and oxygen atoms in total. The van der Waals surface area contributed by atoms with Crippen molar-refractivity contribution in [3.05, 3.63) is 23.9 Å². The highest BCUT2D eigenvalue weighted by Crippen LogP contribution is 2.26. The van der Waals surface area contributed by atoms with Crippen molar-refractivity contribution in [1.82, 2.24) is 20.5 Å². The number of hydrogen-bond donors (Lipinski definition) is 3. The highest BCUT2D eigenvalue weighted by Gasteiger charge is 2.36. The number of aromatic nitrogens is 1. The monoisotopic (exact) mass is 359 g/mol. The fourth-order valence-electron chi connectivity index (χ4n) is 3.89. The van der Waals surface area contributed by atoms with E-state index >= 15 is 0 Å². The summed E-state index contributed by atoms with van der Waals surface area (Å²) in [6.07, 6.45) is 6.71. The first-order valence-corrected chi connectivity index (χ1v) is 9.60. The summed E-state index contributed by atoms with van der Waals surface area (Å²) >= 11 is 0. The third-order valence-electron chi connectivity index (χ3n) is 5.21. The number of rotatable bonds is 7. The van der Waals surface area contributed by atoms with Crippen LogP contribution in [0.1, 0.15) is 37.7 Å². The Morgan fingerprint density at radius 3 is 2.92 bits per heavy atom. The summed E-state index contributed by atoms with van der Waals surface area (Å²) in [4.78, 5) is 31.1. The van der Waals surface area contributed by atoms with Crippen molar-refractivity contribution in [1.29, 1.82) is 0 Å². The van der Waals surface area contributed by atoms with Crippen LogP contribution in [0.5, 0.6) is 0 Å². The molecule has 0 aromatic carbocycles. The summed E-state index contributed by atoms with van der Waals surface area (Å²) in [5.74, 6) is 0.716. The number of piperazine rings is 1. The lowest BCUT2D eigenvalue weighted by molar-refractivity contribution is -0.135. The van der Waals surface area contributed by atoms with Crippen LogP contribution in [0, 0.1) is 6.92 Å². The quantitative estimate of drug-likeness (QED) is 0.634. The minimum atomic E-state index is -0.335. The molecule has 1 aliphatic carbocycles. The third kappa shape index (κ3) is 4.94. The van der Waals surface area contributed by atoms with Crippen molar-refractivity contribution in [2.24, 2.45) is 0 Å². The van der Waals surface area contributed by atoms with E-state index in [4.69, 9.17) is 0 Å². The van der Waals surface area contributed by atoms with Gasteiger partial charge >= 0.3 is 0 Å². The van der Waals surface area contributed by atoms with Gasteiger partial charge in [-0.3, -0.25) is 14.5 Å². The molecule has 1 aromatic heterocycles. The van der Waals surface area contributed by atoms with Crippen LogP contribution in [-0.2, 0) is 9.59 Å². The molecule has 2 amide bonds. The van der Waals surface area contributed by atoms with E-state index in [0.29, 0.717) is 25.7 Å². The zero-order chi connectivity index (χ0) is 18.4. The Bertz CT molecular complexity index is 630. The molecule has 7 heteroatoms. The molecule has 1 saturated carbocycles. The van der Waals surface area contributed by atoms with Crippen LogP contribution in [0.15, 0.2) is 18.3 Å². The van der Waals surface area contributed by atoms with Gasteiger partial charge in [-0.25, -0.2) is 4.98 Å². The molecule has 2 heterocycles. The maximum Gasteiger partial charge on any atom is 0.237 e. The van der Waals surface area contributed by atoms with E-state index in [9.17, 15) is 9.59 Å². The largest absolute Gasteiger partial charge is 0.368 e. The van der Waals surface area contributed by atoms with Gasteiger partial charge < -0.3 is 16.0 Å². The fraction of sp³-hybridized carbons (Fsp3) is 0.632. The smallest absolute Gasteiger partial charge is 0.237 e. The molecule has 3 rings (SSSR count). The topological polar surface area (TPSA) is 86.4 Å². The van der Waals surface area contributed by atoms with Crippen LogP contribution < -0.4 is 16.0 Å².